The minimum atomic E-state index is -0.0822. The van der Waals surface area contributed by atoms with E-state index in [9.17, 15) is 4.79 Å². The fourth-order valence-electron chi connectivity index (χ4n) is 2.20. The maximum atomic E-state index is 11.3. The molecule has 0 aliphatic carbocycles. The average molecular weight is 227 g/mol. The van der Waals surface area contributed by atoms with Crippen molar-refractivity contribution in [3.05, 3.63) is 52.6 Å². The highest BCUT2D eigenvalue weighted by Crippen LogP contribution is 2.32. The second-order valence-electron chi connectivity index (χ2n) is 4.22. The molecule has 0 fully saturated rings. The van der Waals surface area contributed by atoms with Crippen LogP contribution in [0.15, 0.2) is 41.5 Å². The van der Waals surface area contributed by atoms with Gasteiger partial charge < -0.3 is 9.47 Å². The zero-order valence-electron chi connectivity index (χ0n) is 9.63. The lowest BCUT2D eigenvalue weighted by Crippen LogP contribution is -2.21. The maximum absolute atomic E-state index is 11.3. The van der Waals surface area contributed by atoms with Crippen LogP contribution in [0.25, 0.3) is 0 Å². The predicted molar refractivity (Wildman–Crippen MR) is 66.6 cm³/mol. The van der Waals surface area contributed by atoms with Gasteiger partial charge in [-0.3, -0.25) is 4.79 Å². The van der Waals surface area contributed by atoms with Gasteiger partial charge in [0.15, 0.2) is 0 Å². The fraction of sp³-hybridized carbons (Fsp3) is 0.231. The third kappa shape index (κ3) is 1.62. The largest absolute Gasteiger partial charge is 0.325 e. The zero-order chi connectivity index (χ0) is 11.8. The van der Waals surface area contributed by atoms with E-state index in [0.717, 1.165) is 18.8 Å². The first-order chi connectivity index (χ1) is 8.25. The molecule has 0 radical (unpaired) electrons. The van der Waals surface area contributed by atoms with Crippen molar-refractivity contribution in [3.63, 3.8) is 0 Å². The van der Waals surface area contributed by atoms with E-state index in [1.54, 1.807) is 17.8 Å². The molecular formula is C13H13N3O. The van der Waals surface area contributed by atoms with E-state index in [2.05, 4.69) is 28.1 Å². The number of anilines is 2. The standard InChI is InChI=1S/C13H13N3O/c1-15-9-12(14-8-13(15)17)16-7-6-10-4-2-3-5-11(10)16/h2-5,8-9H,6-7H2,1H3. The minimum absolute atomic E-state index is 0.0822. The van der Waals surface area contributed by atoms with E-state index in [1.165, 1.54) is 17.4 Å². The SMILES string of the molecule is Cn1cc(N2CCc3ccccc32)ncc1=O. The molecule has 2 heterocycles. The maximum Gasteiger partial charge on any atom is 0.268 e. The monoisotopic (exact) mass is 227 g/mol. The number of fused-ring (bicyclic) bond motifs is 1. The lowest BCUT2D eigenvalue weighted by molar-refractivity contribution is 0.827. The van der Waals surface area contributed by atoms with Gasteiger partial charge in [-0.1, -0.05) is 18.2 Å². The number of para-hydroxylation sites is 1. The summed E-state index contributed by atoms with van der Waals surface area (Å²) in [6, 6.07) is 8.31. The number of aromatic nitrogens is 2. The summed E-state index contributed by atoms with van der Waals surface area (Å²) >= 11 is 0. The summed E-state index contributed by atoms with van der Waals surface area (Å²) in [4.78, 5) is 17.7. The van der Waals surface area contributed by atoms with E-state index in [4.69, 9.17) is 0 Å². The molecule has 1 aromatic carbocycles. The second kappa shape index (κ2) is 3.73. The summed E-state index contributed by atoms with van der Waals surface area (Å²) in [6.07, 6.45) is 4.18. The van der Waals surface area contributed by atoms with Crippen LogP contribution in [0.1, 0.15) is 5.56 Å². The molecule has 0 N–H and O–H groups in total. The van der Waals surface area contributed by atoms with Gasteiger partial charge in [0.25, 0.3) is 5.56 Å². The van der Waals surface area contributed by atoms with Crippen LogP contribution in [-0.4, -0.2) is 16.1 Å². The van der Waals surface area contributed by atoms with Crippen LogP contribution in [0.3, 0.4) is 0 Å². The molecule has 0 bridgehead atoms. The normalized spacial score (nSPS) is 13.8. The molecule has 86 valence electrons. The van der Waals surface area contributed by atoms with E-state index < -0.39 is 0 Å². The van der Waals surface area contributed by atoms with Crippen molar-refractivity contribution < 1.29 is 0 Å². The molecule has 0 atom stereocenters. The van der Waals surface area contributed by atoms with Crippen molar-refractivity contribution in [1.29, 1.82) is 0 Å². The number of hydrogen-bond donors (Lipinski definition) is 0. The lowest BCUT2D eigenvalue weighted by Gasteiger charge is -2.18. The Balaban J connectivity index is 2.07. The first-order valence-corrected chi connectivity index (χ1v) is 5.64. The highest BCUT2D eigenvalue weighted by molar-refractivity contribution is 5.66. The Kier molecular flexibility index (Phi) is 2.21. The summed E-state index contributed by atoms with van der Waals surface area (Å²) in [5.41, 5.74) is 2.45. The van der Waals surface area contributed by atoms with Crippen molar-refractivity contribution in [2.24, 2.45) is 7.05 Å². The van der Waals surface area contributed by atoms with Crippen LogP contribution >= 0.6 is 0 Å². The fourth-order valence-corrected chi connectivity index (χ4v) is 2.20. The molecule has 4 nitrogen and oxygen atoms in total. The minimum Gasteiger partial charge on any atom is -0.325 e. The van der Waals surface area contributed by atoms with Crippen LogP contribution in [-0.2, 0) is 13.5 Å². The van der Waals surface area contributed by atoms with Crippen molar-refractivity contribution in [3.8, 4) is 0 Å². The Bertz CT molecular complexity index is 618. The van der Waals surface area contributed by atoms with Crippen molar-refractivity contribution in [2.75, 3.05) is 11.4 Å². The van der Waals surface area contributed by atoms with E-state index in [0.29, 0.717) is 0 Å². The molecule has 4 heteroatoms. The highest BCUT2D eigenvalue weighted by atomic mass is 16.1. The van der Waals surface area contributed by atoms with Crippen molar-refractivity contribution in [1.82, 2.24) is 9.55 Å². The second-order valence-corrected chi connectivity index (χ2v) is 4.22. The van der Waals surface area contributed by atoms with Gasteiger partial charge in [0.1, 0.15) is 5.82 Å². The van der Waals surface area contributed by atoms with Crippen molar-refractivity contribution in [2.45, 2.75) is 6.42 Å². The lowest BCUT2D eigenvalue weighted by atomic mass is 10.2. The Hall–Kier alpha value is -2.10. The highest BCUT2D eigenvalue weighted by Gasteiger charge is 2.20. The quantitative estimate of drug-likeness (QED) is 0.740. The first kappa shape index (κ1) is 10.1. The molecule has 17 heavy (non-hydrogen) atoms. The van der Waals surface area contributed by atoms with E-state index in [-0.39, 0.29) is 5.56 Å². The topological polar surface area (TPSA) is 38.1 Å². The Labute approximate surface area is 99.1 Å². The number of nitrogens with zero attached hydrogens (tertiary/aromatic N) is 3. The number of hydrogen-bond acceptors (Lipinski definition) is 3. The van der Waals surface area contributed by atoms with Crippen LogP contribution < -0.4 is 10.5 Å². The predicted octanol–water partition coefficient (Wildman–Crippen LogP) is 1.47. The molecule has 0 saturated heterocycles. The molecule has 2 aromatic rings. The molecule has 0 saturated carbocycles. The molecule has 1 aliphatic rings. The molecular weight excluding hydrogens is 214 g/mol. The third-order valence-electron chi connectivity index (χ3n) is 3.13. The number of rotatable bonds is 1. The average Bonchev–Trinajstić information content (AvgIpc) is 2.76. The molecule has 0 amide bonds. The molecule has 0 spiro atoms. The first-order valence-electron chi connectivity index (χ1n) is 5.64. The van der Waals surface area contributed by atoms with Gasteiger partial charge in [-0.25, -0.2) is 4.98 Å². The smallest absolute Gasteiger partial charge is 0.268 e. The third-order valence-corrected chi connectivity index (χ3v) is 3.13. The Morgan fingerprint density at radius 3 is 2.94 bits per heavy atom. The molecule has 1 aromatic heterocycles. The van der Waals surface area contributed by atoms with Gasteiger partial charge in [-0.05, 0) is 18.1 Å². The van der Waals surface area contributed by atoms with Crippen LogP contribution in [0.4, 0.5) is 11.5 Å². The van der Waals surface area contributed by atoms with Crippen LogP contribution in [0, 0.1) is 0 Å². The van der Waals surface area contributed by atoms with Crippen LogP contribution in [0.5, 0.6) is 0 Å². The van der Waals surface area contributed by atoms with E-state index in [1.807, 2.05) is 6.07 Å². The summed E-state index contributed by atoms with van der Waals surface area (Å²) in [6.45, 7) is 0.921. The summed E-state index contributed by atoms with van der Waals surface area (Å²) in [7, 11) is 1.75. The van der Waals surface area contributed by atoms with Crippen LogP contribution in [0.2, 0.25) is 0 Å². The van der Waals surface area contributed by atoms with Gasteiger partial charge in [-0.2, -0.15) is 0 Å². The molecule has 1 aliphatic heterocycles. The van der Waals surface area contributed by atoms with Gasteiger partial charge >= 0.3 is 0 Å². The number of benzene rings is 1. The zero-order valence-corrected chi connectivity index (χ0v) is 9.63. The summed E-state index contributed by atoms with van der Waals surface area (Å²) in [5, 5.41) is 0. The van der Waals surface area contributed by atoms with Crippen molar-refractivity contribution >= 4 is 11.5 Å². The summed E-state index contributed by atoms with van der Waals surface area (Å²) < 4.78 is 1.56. The van der Waals surface area contributed by atoms with Gasteiger partial charge in [-0.15, -0.1) is 0 Å². The van der Waals surface area contributed by atoms with Gasteiger partial charge in [0, 0.05) is 25.5 Å². The summed E-state index contributed by atoms with van der Waals surface area (Å²) in [5.74, 6) is 0.831. The number of aryl methyl sites for hydroxylation is 1. The van der Waals surface area contributed by atoms with Gasteiger partial charge in [0.05, 0.1) is 6.20 Å². The Morgan fingerprint density at radius 2 is 2.12 bits per heavy atom. The van der Waals surface area contributed by atoms with E-state index >= 15 is 0 Å². The molecule has 0 unspecified atom stereocenters. The Morgan fingerprint density at radius 1 is 1.29 bits per heavy atom. The van der Waals surface area contributed by atoms with Gasteiger partial charge in [0.2, 0.25) is 0 Å². The molecule has 3 rings (SSSR count).